The number of anilines is 1. The molecule has 0 saturated carbocycles. The van der Waals surface area contributed by atoms with Crippen molar-refractivity contribution in [3.8, 4) is 6.07 Å². The Kier molecular flexibility index (Phi) is 3.69. The fraction of sp³-hybridized carbons (Fsp3) is 0.118. The van der Waals surface area contributed by atoms with Gasteiger partial charge in [-0.3, -0.25) is 0 Å². The molecule has 0 aliphatic carbocycles. The molecule has 2 aromatic carbocycles. The number of aromatic nitrogens is 2. The van der Waals surface area contributed by atoms with Gasteiger partial charge in [0.05, 0.1) is 34.8 Å². The van der Waals surface area contributed by atoms with Crippen LogP contribution in [0.2, 0.25) is 0 Å². The second kappa shape index (κ2) is 5.81. The Morgan fingerprint density at radius 2 is 2.04 bits per heavy atom. The van der Waals surface area contributed by atoms with Crippen LogP contribution in [0.1, 0.15) is 21.7 Å². The van der Waals surface area contributed by atoms with Gasteiger partial charge in [0.15, 0.2) is 0 Å². The summed E-state index contributed by atoms with van der Waals surface area (Å²) in [6, 6.07) is 14.2. The van der Waals surface area contributed by atoms with Gasteiger partial charge in [0.25, 0.3) is 0 Å². The van der Waals surface area contributed by atoms with Crippen molar-refractivity contribution in [1.82, 2.24) is 9.55 Å². The highest BCUT2D eigenvalue weighted by atomic mass is 16.4. The maximum absolute atomic E-state index is 11.0. The average molecular weight is 306 g/mol. The summed E-state index contributed by atoms with van der Waals surface area (Å²) < 4.78 is 1.93. The van der Waals surface area contributed by atoms with E-state index in [1.165, 1.54) is 0 Å². The van der Waals surface area contributed by atoms with Crippen molar-refractivity contribution >= 4 is 22.7 Å². The van der Waals surface area contributed by atoms with Crippen molar-refractivity contribution in [3.05, 3.63) is 59.4 Å². The fourth-order valence-electron chi connectivity index (χ4n) is 2.38. The number of nitrogens with zero attached hydrogens (tertiary/aromatic N) is 3. The number of aromatic carboxylic acids is 1. The zero-order valence-electron chi connectivity index (χ0n) is 12.4. The number of hydrogen-bond acceptors (Lipinski definition) is 4. The number of rotatable bonds is 4. The first-order valence-electron chi connectivity index (χ1n) is 7.01. The summed E-state index contributed by atoms with van der Waals surface area (Å²) in [6.07, 6.45) is 0. The summed E-state index contributed by atoms with van der Waals surface area (Å²) in [5, 5.41) is 21.1. The molecular weight excluding hydrogens is 292 g/mol. The van der Waals surface area contributed by atoms with E-state index in [4.69, 9.17) is 10.4 Å². The van der Waals surface area contributed by atoms with Gasteiger partial charge in [0.2, 0.25) is 0 Å². The second-order valence-corrected chi connectivity index (χ2v) is 5.14. The highest BCUT2D eigenvalue weighted by Gasteiger charge is 2.10. The van der Waals surface area contributed by atoms with Crippen LogP contribution < -0.4 is 5.32 Å². The molecule has 0 bridgehead atoms. The Labute approximate surface area is 132 Å². The van der Waals surface area contributed by atoms with Gasteiger partial charge in [-0.25, -0.2) is 9.78 Å². The molecule has 6 heteroatoms. The minimum atomic E-state index is -0.963. The van der Waals surface area contributed by atoms with Gasteiger partial charge in [-0.1, -0.05) is 0 Å². The van der Waals surface area contributed by atoms with Crippen LogP contribution in [0.15, 0.2) is 42.5 Å². The molecule has 0 fully saturated rings. The maximum atomic E-state index is 11.0. The van der Waals surface area contributed by atoms with Gasteiger partial charge in [0, 0.05) is 12.7 Å². The van der Waals surface area contributed by atoms with E-state index < -0.39 is 5.97 Å². The molecule has 0 saturated heterocycles. The molecule has 1 heterocycles. The Morgan fingerprint density at radius 3 is 2.70 bits per heavy atom. The molecule has 2 N–H and O–H groups in total. The molecular formula is C17H14N4O2. The van der Waals surface area contributed by atoms with E-state index in [0.29, 0.717) is 17.6 Å². The molecule has 0 amide bonds. The molecule has 3 aromatic rings. The Morgan fingerprint density at radius 1 is 1.30 bits per heavy atom. The Balaban J connectivity index is 1.83. The van der Waals surface area contributed by atoms with Crippen molar-refractivity contribution in [2.24, 2.45) is 7.05 Å². The number of nitrogens with one attached hydrogen (secondary N) is 1. The lowest BCUT2D eigenvalue weighted by atomic mass is 10.2. The first-order chi connectivity index (χ1) is 11.1. The number of fused-ring (bicyclic) bond motifs is 1. The number of nitriles is 1. The van der Waals surface area contributed by atoms with Crippen molar-refractivity contribution in [2.75, 3.05) is 5.32 Å². The summed E-state index contributed by atoms with van der Waals surface area (Å²) in [5.74, 6) is -0.165. The average Bonchev–Trinajstić information content (AvgIpc) is 2.89. The smallest absolute Gasteiger partial charge is 0.335 e. The number of hydrogen-bond donors (Lipinski definition) is 2. The van der Waals surface area contributed by atoms with Gasteiger partial charge >= 0.3 is 5.97 Å². The van der Waals surface area contributed by atoms with Crippen LogP contribution in [-0.4, -0.2) is 20.6 Å². The number of carbonyl (C=O) groups is 1. The lowest BCUT2D eigenvalue weighted by Crippen LogP contribution is -2.05. The molecule has 114 valence electrons. The topological polar surface area (TPSA) is 90.9 Å². The molecule has 6 nitrogen and oxygen atoms in total. The molecule has 0 spiro atoms. The third kappa shape index (κ3) is 2.85. The minimum Gasteiger partial charge on any atom is -0.478 e. The van der Waals surface area contributed by atoms with Gasteiger partial charge in [0.1, 0.15) is 5.82 Å². The number of benzene rings is 2. The monoisotopic (exact) mass is 306 g/mol. The zero-order chi connectivity index (χ0) is 16.4. The lowest BCUT2D eigenvalue weighted by Gasteiger charge is -2.06. The SMILES string of the molecule is Cn1c(CNc2ccc(C#N)cc2)nc2cc(C(=O)O)ccc21. The third-order valence-electron chi connectivity index (χ3n) is 3.69. The van der Waals surface area contributed by atoms with Crippen LogP contribution in [0.3, 0.4) is 0 Å². The number of aryl methyl sites for hydroxylation is 1. The zero-order valence-corrected chi connectivity index (χ0v) is 12.4. The van der Waals surface area contributed by atoms with Crippen molar-refractivity contribution in [2.45, 2.75) is 6.54 Å². The van der Waals surface area contributed by atoms with Gasteiger partial charge in [-0.15, -0.1) is 0 Å². The molecule has 23 heavy (non-hydrogen) atoms. The summed E-state index contributed by atoms with van der Waals surface area (Å²) in [6.45, 7) is 0.499. The second-order valence-electron chi connectivity index (χ2n) is 5.14. The molecule has 0 aliphatic heterocycles. The largest absolute Gasteiger partial charge is 0.478 e. The van der Waals surface area contributed by atoms with E-state index in [9.17, 15) is 4.79 Å². The van der Waals surface area contributed by atoms with Crippen LogP contribution in [0, 0.1) is 11.3 Å². The number of carboxylic acids is 1. The first-order valence-corrected chi connectivity index (χ1v) is 7.01. The van der Waals surface area contributed by atoms with E-state index in [0.717, 1.165) is 17.0 Å². The van der Waals surface area contributed by atoms with E-state index in [-0.39, 0.29) is 5.56 Å². The summed E-state index contributed by atoms with van der Waals surface area (Å²) in [7, 11) is 1.89. The highest BCUT2D eigenvalue weighted by molar-refractivity contribution is 5.92. The van der Waals surface area contributed by atoms with Crippen LogP contribution in [0.4, 0.5) is 5.69 Å². The normalized spacial score (nSPS) is 10.4. The Hall–Kier alpha value is -3.33. The highest BCUT2D eigenvalue weighted by Crippen LogP contribution is 2.18. The number of imidazole rings is 1. The van der Waals surface area contributed by atoms with E-state index in [1.54, 1.807) is 30.3 Å². The van der Waals surface area contributed by atoms with Crippen molar-refractivity contribution in [3.63, 3.8) is 0 Å². The summed E-state index contributed by atoms with van der Waals surface area (Å²) >= 11 is 0. The van der Waals surface area contributed by atoms with Crippen molar-refractivity contribution < 1.29 is 9.90 Å². The molecule has 0 unspecified atom stereocenters. The predicted molar refractivity (Wildman–Crippen MR) is 86.2 cm³/mol. The maximum Gasteiger partial charge on any atom is 0.335 e. The lowest BCUT2D eigenvalue weighted by molar-refractivity contribution is 0.0697. The van der Waals surface area contributed by atoms with E-state index in [2.05, 4.69) is 16.4 Å². The van der Waals surface area contributed by atoms with E-state index in [1.807, 2.05) is 23.7 Å². The predicted octanol–water partition coefficient (Wildman–Crippen LogP) is 2.76. The summed E-state index contributed by atoms with van der Waals surface area (Å²) in [4.78, 5) is 15.5. The van der Waals surface area contributed by atoms with Gasteiger partial charge in [-0.05, 0) is 42.5 Å². The molecule has 1 aromatic heterocycles. The molecule has 0 atom stereocenters. The van der Waals surface area contributed by atoms with Crippen LogP contribution >= 0.6 is 0 Å². The van der Waals surface area contributed by atoms with Gasteiger partial charge < -0.3 is 15.0 Å². The fourth-order valence-corrected chi connectivity index (χ4v) is 2.38. The van der Waals surface area contributed by atoms with Crippen LogP contribution in [0.5, 0.6) is 0 Å². The minimum absolute atomic E-state index is 0.224. The van der Waals surface area contributed by atoms with E-state index >= 15 is 0 Å². The Bertz CT molecular complexity index is 920. The molecule has 3 rings (SSSR count). The number of carboxylic acid groups (broad SMARTS) is 1. The van der Waals surface area contributed by atoms with Gasteiger partial charge in [-0.2, -0.15) is 5.26 Å². The third-order valence-corrected chi connectivity index (χ3v) is 3.69. The van der Waals surface area contributed by atoms with Crippen LogP contribution in [0.25, 0.3) is 11.0 Å². The van der Waals surface area contributed by atoms with Crippen molar-refractivity contribution in [1.29, 1.82) is 5.26 Å². The van der Waals surface area contributed by atoms with Crippen LogP contribution in [-0.2, 0) is 13.6 Å². The quantitative estimate of drug-likeness (QED) is 0.773. The standard InChI is InChI=1S/C17H14N4O2/c1-21-15-7-4-12(17(22)23)8-14(15)20-16(21)10-19-13-5-2-11(9-18)3-6-13/h2-8,19H,10H2,1H3,(H,22,23). The molecule has 0 aliphatic rings. The summed E-state index contributed by atoms with van der Waals surface area (Å²) in [5.41, 5.74) is 3.26. The first kappa shape index (κ1) is 14.6. The molecule has 0 radical (unpaired) electrons.